The molecule has 0 saturated heterocycles. The van der Waals surface area contributed by atoms with Crippen LogP contribution in [0.3, 0.4) is 0 Å². The molecule has 0 amide bonds. The average molecular weight is 130 g/mol. The fourth-order valence-corrected chi connectivity index (χ4v) is 0.522. The Kier molecular flexibility index (Phi) is 5.21. The van der Waals surface area contributed by atoms with Gasteiger partial charge in [0, 0.05) is 20.2 Å². The van der Waals surface area contributed by atoms with Crippen LogP contribution in [0.5, 0.6) is 0 Å². The van der Waals surface area contributed by atoms with E-state index in [1.807, 2.05) is 11.8 Å². The molecule has 3 heteroatoms. The molecule has 0 rings (SSSR count). The zero-order valence-corrected chi connectivity index (χ0v) is 6.05. The molecule has 0 spiro atoms. The molecule has 0 aromatic rings. The molecule has 54 valence electrons. The van der Waals surface area contributed by atoms with Crippen LogP contribution in [0.15, 0.2) is 0 Å². The lowest BCUT2D eigenvalue weighted by atomic mass is 10.5. The van der Waals surface area contributed by atoms with E-state index in [2.05, 4.69) is 0 Å². The summed E-state index contributed by atoms with van der Waals surface area (Å²) in [4.78, 5) is 1.88. The number of methoxy groups -OCH3 is 1. The van der Waals surface area contributed by atoms with Crippen LogP contribution in [0.2, 0.25) is 0 Å². The van der Waals surface area contributed by atoms with Gasteiger partial charge in [-0.05, 0) is 6.92 Å². The highest BCUT2D eigenvalue weighted by Gasteiger charge is 1.91. The lowest BCUT2D eigenvalue weighted by Gasteiger charge is -2.14. The van der Waals surface area contributed by atoms with Gasteiger partial charge >= 0.3 is 0 Å². The monoisotopic (exact) mass is 130 g/mol. The van der Waals surface area contributed by atoms with Gasteiger partial charge < -0.3 is 9.64 Å². The molecule has 0 atom stereocenters. The van der Waals surface area contributed by atoms with E-state index in [0.29, 0.717) is 6.61 Å². The van der Waals surface area contributed by atoms with E-state index in [1.165, 1.54) is 6.34 Å². The molecule has 0 bridgehead atoms. The van der Waals surface area contributed by atoms with Crippen molar-refractivity contribution in [3.05, 3.63) is 0 Å². The van der Waals surface area contributed by atoms with Gasteiger partial charge in [0.25, 0.3) is 0 Å². The number of nitrogens with one attached hydrogen (secondary N) is 1. The number of nitrogens with zero attached hydrogens (tertiary/aromatic N) is 1. The quantitative estimate of drug-likeness (QED) is 0.436. The Labute approximate surface area is 56.1 Å². The second-order valence-corrected chi connectivity index (χ2v) is 1.75. The van der Waals surface area contributed by atoms with Crippen LogP contribution in [-0.2, 0) is 4.74 Å². The van der Waals surface area contributed by atoms with E-state index in [-0.39, 0.29) is 0 Å². The third kappa shape index (κ3) is 3.97. The largest absolute Gasteiger partial charge is 0.383 e. The molecule has 0 heterocycles. The minimum atomic E-state index is 0.698. The summed E-state index contributed by atoms with van der Waals surface area (Å²) in [6, 6.07) is 0. The highest BCUT2D eigenvalue weighted by molar-refractivity contribution is 5.50. The van der Waals surface area contributed by atoms with Crippen LogP contribution in [0.4, 0.5) is 0 Å². The number of ether oxygens (including phenoxy) is 1. The summed E-state index contributed by atoms with van der Waals surface area (Å²) in [5.41, 5.74) is 0. The fourth-order valence-electron chi connectivity index (χ4n) is 0.522. The molecule has 0 unspecified atom stereocenters. The van der Waals surface area contributed by atoms with Gasteiger partial charge in [-0.25, -0.2) is 0 Å². The van der Waals surface area contributed by atoms with Gasteiger partial charge in [-0.2, -0.15) is 0 Å². The summed E-state index contributed by atoms with van der Waals surface area (Å²) in [5.74, 6) is 0. The summed E-state index contributed by atoms with van der Waals surface area (Å²) in [5, 5.41) is 6.88. The van der Waals surface area contributed by atoms with Crippen molar-refractivity contribution in [1.29, 1.82) is 5.41 Å². The summed E-state index contributed by atoms with van der Waals surface area (Å²) < 4.78 is 4.83. The van der Waals surface area contributed by atoms with Crippen molar-refractivity contribution in [1.82, 2.24) is 4.90 Å². The number of rotatable bonds is 5. The maximum Gasteiger partial charge on any atom is 0.0817 e. The van der Waals surface area contributed by atoms with Crippen molar-refractivity contribution in [3.8, 4) is 0 Å². The molecule has 0 aliphatic heterocycles. The van der Waals surface area contributed by atoms with Crippen LogP contribution in [0, 0.1) is 5.41 Å². The van der Waals surface area contributed by atoms with E-state index < -0.39 is 0 Å². The van der Waals surface area contributed by atoms with Crippen LogP contribution in [0.1, 0.15) is 6.92 Å². The van der Waals surface area contributed by atoms with Gasteiger partial charge in [-0.3, -0.25) is 5.41 Å². The fraction of sp³-hybridized carbons (Fsp3) is 0.833. The third-order valence-corrected chi connectivity index (χ3v) is 1.17. The summed E-state index contributed by atoms with van der Waals surface area (Å²) in [7, 11) is 1.66. The average Bonchev–Trinajstić information content (AvgIpc) is 1.91. The minimum Gasteiger partial charge on any atom is -0.383 e. The predicted octanol–water partition coefficient (Wildman–Crippen LogP) is 0.562. The van der Waals surface area contributed by atoms with Gasteiger partial charge in [0.05, 0.1) is 12.9 Å². The van der Waals surface area contributed by atoms with E-state index in [9.17, 15) is 0 Å². The summed E-state index contributed by atoms with van der Waals surface area (Å²) >= 11 is 0. The Hall–Kier alpha value is -0.570. The number of likely N-dealkylation sites (N-methyl/N-ethyl adjacent to an activating group) is 1. The minimum absolute atomic E-state index is 0.698. The molecule has 3 nitrogen and oxygen atoms in total. The molecule has 0 aliphatic carbocycles. The van der Waals surface area contributed by atoms with Crippen LogP contribution < -0.4 is 0 Å². The lowest BCUT2D eigenvalue weighted by Crippen LogP contribution is -2.24. The molecule has 0 aromatic heterocycles. The summed E-state index contributed by atoms with van der Waals surface area (Å²) in [6.45, 7) is 4.41. The van der Waals surface area contributed by atoms with E-state index in [0.717, 1.165) is 13.1 Å². The molecule has 0 aromatic carbocycles. The zero-order valence-electron chi connectivity index (χ0n) is 6.05. The molecule has 9 heavy (non-hydrogen) atoms. The first kappa shape index (κ1) is 8.43. The van der Waals surface area contributed by atoms with Gasteiger partial charge in [0.1, 0.15) is 0 Å². The van der Waals surface area contributed by atoms with Gasteiger partial charge in [-0.15, -0.1) is 0 Å². The Morgan fingerprint density at radius 1 is 1.67 bits per heavy atom. The molecular weight excluding hydrogens is 116 g/mol. The Morgan fingerprint density at radius 3 is 2.67 bits per heavy atom. The van der Waals surface area contributed by atoms with Gasteiger partial charge in [0.15, 0.2) is 0 Å². The highest BCUT2D eigenvalue weighted by Crippen LogP contribution is 1.80. The molecule has 0 saturated carbocycles. The second kappa shape index (κ2) is 5.56. The SMILES string of the molecule is CCN(C=N)CCOC. The van der Waals surface area contributed by atoms with Crippen LogP contribution in [-0.4, -0.2) is 38.0 Å². The Balaban J connectivity index is 3.20. The molecule has 1 N–H and O–H groups in total. The lowest BCUT2D eigenvalue weighted by molar-refractivity contribution is 0.179. The molecule has 0 aliphatic rings. The van der Waals surface area contributed by atoms with Crippen molar-refractivity contribution in [3.63, 3.8) is 0 Å². The molecule has 0 fully saturated rings. The smallest absolute Gasteiger partial charge is 0.0817 e. The predicted molar refractivity (Wildman–Crippen MR) is 37.9 cm³/mol. The van der Waals surface area contributed by atoms with Gasteiger partial charge in [0.2, 0.25) is 0 Å². The van der Waals surface area contributed by atoms with Crippen LogP contribution >= 0.6 is 0 Å². The van der Waals surface area contributed by atoms with Crippen molar-refractivity contribution in [2.45, 2.75) is 6.92 Å². The Morgan fingerprint density at radius 2 is 2.33 bits per heavy atom. The number of hydrogen-bond donors (Lipinski definition) is 1. The van der Waals surface area contributed by atoms with E-state index in [4.69, 9.17) is 10.1 Å². The molecular formula is C6H14N2O. The van der Waals surface area contributed by atoms with Crippen LogP contribution in [0.25, 0.3) is 0 Å². The Bertz CT molecular complexity index is 75.5. The second-order valence-electron chi connectivity index (χ2n) is 1.75. The summed E-state index contributed by atoms with van der Waals surface area (Å²) in [6.07, 6.45) is 1.33. The maximum absolute atomic E-state index is 6.88. The zero-order chi connectivity index (χ0) is 7.11. The third-order valence-electron chi connectivity index (χ3n) is 1.17. The first-order valence-electron chi connectivity index (χ1n) is 3.08. The van der Waals surface area contributed by atoms with E-state index in [1.54, 1.807) is 7.11 Å². The van der Waals surface area contributed by atoms with Crippen molar-refractivity contribution >= 4 is 6.34 Å². The van der Waals surface area contributed by atoms with Crippen molar-refractivity contribution in [2.75, 3.05) is 26.8 Å². The topological polar surface area (TPSA) is 36.3 Å². The van der Waals surface area contributed by atoms with Gasteiger partial charge in [-0.1, -0.05) is 0 Å². The first-order chi connectivity index (χ1) is 4.35. The number of hydrogen-bond acceptors (Lipinski definition) is 2. The van der Waals surface area contributed by atoms with Crippen molar-refractivity contribution < 1.29 is 4.74 Å². The first-order valence-corrected chi connectivity index (χ1v) is 3.08. The van der Waals surface area contributed by atoms with E-state index >= 15 is 0 Å². The standard InChI is InChI=1S/C6H14N2O/c1-3-8(6-7)4-5-9-2/h6-7H,3-5H2,1-2H3. The normalized spacial score (nSPS) is 9.11. The molecule has 0 radical (unpaired) electrons. The highest BCUT2D eigenvalue weighted by atomic mass is 16.5. The van der Waals surface area contributed by atoms with Crippen molar-refractivity contribution in [2.24, 2.45) is 0 Å². The maximum atomic E-state index is 6.88.